The summed E-state index contributed by atoms with van der Waals surface area (Å²) in [5.41, 5.74) is 1.13. The molecule has 0 aromatic heterocycles. The highest BCUT2D eigenvalue weighted by molar-refractivity contribution is 6.22. The monoisotopic (exact) mass is 375 g/mol. The minimum absolute atomic E-state index is 0.0697. The summed E-state index contributed by atoms with van der Waals surface area (Å²) >= 11 is 0. The van der Waals surface area contributed by atoms with Gasteiger partial charge in [-0.05, 0) is 43.2 Å². The van der Waals surface area contributed by atoms with Crippen molar-refractivity contribution in [3.05, 3.63) is 60.2 Å². The summed E-state index contributed by atoms with van der Waals surface area (Å²) < 4.78 is 5.64. The van der Waals surface area contributed by atoms with Crippen LogP contribution in [0.2, 0.25) is 0 Å². The van der Waals surface area contributed by atoms with Crippen molar-refractivity contribution < 1.29 is 19.1 Å². The van der Waals surface area contributed by atoms with Crippen LogP contribution in [-0.4, -0.2) is 24.2 Å². The maximum atomic E-state index is 13.0. The number of rotatable bonds is 5. The van der Waals surface area contributed by atoms with Crippen LogP contribution < -0.4 is 9.64 Å². The summed E-state index contributed by atoms with van der Waals surface area (Å²) in [7, 11) is 0. The van der Waals surface area contributed by atoms with Crippen molar-refractivity contribution in [2.75, 3.05) is 11.5 Å². The van der Waals surface area contributed by atoms with Crippen molar-refractivity contribution in [3.8, 4) is 5.75 Å². The van der Waals surface area contributed by atoms with Crippen LogP contribution in [0.1, 0.15) is 29.6 Å². The molecule has 0 N–H and O–H groups in total. The van der Waals surface area contributed by atoms with E-state index >= 15 is 0 Å². The van der Waals surface area contributed by atoms with Crippen LogP contribution in [-0.2, 0) is 9.59 Å². The zero-order valence-electron chi connectivity index (χ0n) is 15.4. The second-order valence-electron chi connectivity index (χ2n) is 7.97. The first-order valence-electron chi connectivity index (χ1n) is 9.82. The molecule has 2 aliphatic carbocycles. The van der Waals surface area contributed by atoms with Crippen molar-refractivity contribution in [1.29, 1.82) is 0 Å². The normalized spacial score (nSPS) is 27.9. The van der Waals surface area contributed by atoms with Gasteiger partial charge in [-0.25, -0.2) is 4.90 Å². The van der Waals surface area contributed by atoms with E-state index in [0.717, 1.165) is 19.3 Å². The molecule has 5 nitrogen and oxygen atoms in total. The Bertz CT molecular complexity index is 926. The molecule has 2 aromatic carbocycles. The SMILES string of the molecule is O=C(COc1cccc(N2C(=O)[C@@H]3[C@H]4CC[C@@H](C4)[C@@H]3C2=O)c1)c1ccccc1. The smallest absolute Gasteiger partial charge is 0.237 e. The van der Waals surface area contributed by atoms with E-state index in [1.807, 2.05) is 18.2 Å². The molecule has 2 amide bonds. The first-order valence-corrected chi connectivity index (χ1v) is 9.82. The van der Waals surface area contributed by atoms with Crippen LogP contribution in [0.5, 0.6) is 5.75 Å². The quantitative estimate of drug-likeness (QED) is 0.593. The first-order chi connectivity index (χ1) is 13.6. The lowest BCUT2D eigenvalue weighted by atomic mass is 9.81. The Hall–Kier alpha value is -2.95. The van der Waals surface area contributed by atoms with Crippen molar-refractivity contribution >= 4 is 23.3 Å². The molecule has 4 atom stereocenters. The van der Waals surface area contributed by atoms with E-state index in [0.29, 0.717) is 28.8 Å². The predicted octanol–water partition coefficient (Wildman–Crippen LogP) is 3.48. The highest BCUT2D eigenvalue weighted by atomic mass is 16.5. The van der Waals surface area contributed by atoms with Crippen molar-refractivity contribution in [3.63, 3.8) is 0 Å². The standard InChI is InChI=1S/C23H21NO4/c25-19(14-5-2-1-3-6-14)13-28-18-8-4-7-17(12-18)24-22(26)20-15-9-10-16(11-15)21(20)23(24)27/h1-8,12,15-16,20-21H,9-11,13H2/t15-,16-,20-,21+/m0/s1. The second kappa shape index (κ2) is 6.59. The highest BCUT2D eigenvalue weighted by Gasteiger charge is 2.61. The zero-order chi connectivity index (χ0) is 19.3. The van der Waals surface area contributed by atoms with E-state index in [1.54, 1.807) is 36.4 Å². The summed E-state index contributed by atoms with van der Waals surface area (Å²) in [5, 5.41) is 0. The summed E-state index contributed by atoms with van der Waals surface area (Å²) in [5.74, 6) is 0.650. The number of carbonyl (C=O) groups excluding carboxylic acids is 3. The first kappa shape index (κ1) is 17.2. The van der Waals surface area contributed by atoms with Crippen molar-refractivity contribution in [1.82, 2.24) is 0 Å². The molecule has 0 unspecified atom stereocenters. The maximum absolute atomic E-state index is 13.0. The molecular weight excluding hydrogens is 354 g/mol. The van der Waals surface area contributed by atoms with E-state index in [9.17, 15) is 14.4 Å². The zero-order valence-corrected chi connectivity index (χ0v) is 15.4. The van der Waals surface area contributed by atoms with Crippen molar-refractivity contribution in [2.45, 2.75) is 19.3 Å². The number of imide groups is 1. The Morgan fingerprint density at radius 2 is 1.61 bits per heavy atom. The number of carbonyl (C=O) groups is 3. The Morgan fingerprint density at radius 3 is 2.29 bits per heavy atom. The predicted molar refractivity (Wildman–Crippen MR) is 103 cm³/mol. The van der Waals surface area contributed by atoms with Gasteiger partial charge in [-0.1, -0.05) is 36.4 Å². The summed E-state index contributed by atoms with van der Waals surface area (Å²) in [6.07, 6.45) is 3.14. The molecule has 1 saturated heterocycles. The summed E-state index contributed by atoms with van der Waals surface area (Å²) in [4.78, 5) is 39.5. The van der Waals surface area contributed by atoms with E-state index in [-0.39, 0.29) is 36.0 Å². The number of fused-ring (bicyclic) bond motifs is 5. The van der Waals surface area contributed by atoms with E-state index < -0.39 is 0 Å². The maximum Gasteiger partial charge on any atom is 0.237 e. The van der Waals surface area contributed by atoms with Gasteiger partial charge in [0, 0.05) is 11.6 Å². The van der Waals surface area contributed by atoms with Crippen molar-refractivity contribution in [2.24, 2.45) is 23.7 Å². The number of hydrogen-bond acceptors (Lipinski definition) is 4. The summed E-state index contributed by atoms with van der Waals surface area (Å²) in [6.45, 7) is -0.0925. The van der Waals surface area contributed by atoms with Gasteiger partial charge in [0.2, 0.25) is 11.8 Å². The second-order valence-corrected chi connectivity index (χ2v) is 7.97. The molecule has 28 heavy (non-hydrogen) atoms. The molecule has 0 spiro atoms. The number of amides is 2. The molecule has 5 rings (SSSR count). The van der Waals surface area contributed by atoms with Gasteiger partial charge in [-0.3, -0.25) is 14.4 Å². The third-order valence-electron chi connectivity index (χ3n) is 6.47. The number of ether oxygens (including phenoxy) is 1. The highest BCUT2D eigenvalue weighted by Crippen LogP contribution is 2.56. The van der Waals surface area contributed by atoms with Gasteiger partial charge in [0.05, 0.1) is 17.5 Å². The molecule has 142 valence electrons. The fraction of sp³-hybridized carbons (Fsp3) is 0.348. The Kier molecular flexibility index (Phi) is 4.04. The van der Waals surface area contributed by atoms with Crippen LogP contribution >= 0.6 is 0 Å². The number of hydrogen-bond donors (Lipinski definition) is 0. The third-order valence-corrected chi connectivity index (χ3v) is 6.47. The topological polar surface area (TPSA) is 63.7 Å². The lowest BCUT2D eigenvalue weighted by molar-refractivity contribution is -0.123. The number of anilines is 1. The lowest BCUT2D eigenvalue weighted by Gasteiger charge is -2.19. The van der Waals surface area contributed by atoms with Gasteiger partial charge >= 0.3 is 0 Å². The Morgan fingerprint density at radius 1 is 0.929 bits per heavy atom. The van der Waals surface area contributed by atoms with Gasteiger partial charge in [0.1, 0.15) is 5.75 Å². The molecule has 2 bridgehead atoms. The molecule has 3 aliphatic rings. The van der Waals surface area contributed by atoms with Gasteiger partial charge in [0.25, 0.3) is 0 Å². The average Bonchev–Trinajstić information content (AvgIpc) is 3.41. The van der Waals surface area contributed by atoms with Gasteiger partial charge in [0.15, 0.2) is 12.4 Å². The lowest BCUT2D eigenvalue weighted by Crippen LogP contribution is -2.32. The fourth-order valence-corrected chi connectivity index (χ4v) is 5.23. The minimum Gasteiger partial charge on any atom is -0.485 e. The molecule has 3 fully saturated rings. The van der Waals surface area contributed by atoms with Gasteiger partial charge in [-0.2, -0.15) is 0 Å². The molecule has 2 saturated carbocycles. The van der Waals surface area contributed by atoms with Crippen LogP contribution in [0.4, 0.5) is 5.69 Å². The molecule has 2 aromatic rings. The van der Waals surface area contributed by atoms with Crippen LogP contribution in [0, 0.1) is 23.7 Å². The fourth-order valence-electron chi connectivity index (χ4n) is 5.23. The van der Waals surface area contributed by atoms with Crippen LogP contribution in [0.25, 0.3) is 0 Å². The molecule has 1 heterocycles. The average molecular weight is 375 g/mol. The van der Waals surface area contributed by atoms with Crippen LogP contribution in [0.15, 0.2) is 54.6 Å². The number of ketones is 1. The summed E-state index contributed by atoms with van der Waals surface area (Å²) in [6, 6.07) is 15.9. The minimum atomic E-state index is -0.143. The van der Waals surface area contributed by atoms with E-state index in [1.165, 1.54) is 4.90 Å². The number of Topliss-reactive ketones (excluding diaryl/α,β-unsaturated/α-hetero) is 1. The number of nitrogens with zero attached hydrogens (tertiary/aromatic N) is 1. The third kappa shape index (κ3) is 2.65. The molecule has 5 heteroatoms. The molecule has 0 radical (unpaired) electrons. The molecular formula is C23H21NO4. The Balaban J connectivity index is 1.33. The van der Waals surface area contributed by atoms with Gasteiger partial charge in [-0.15, -0.1) is 0 Å². The Labute approximate surface area is 163 Å². The largest absolute Gasteiger partial charge is 0.485 e. The number of benzene rings is 2. The van der Waals surface area contributed by atoms with Gasteiger partial charge < -0.3 is 4.74 Å². The van der Waals surface area contributed by atoms with E-state index in [2.05, 4.69) is 0 Å². The van der Waals surface area contributed by atoms with E-state index in [4.69, 9.17) is 4.74 Å². The molecule has 1 aliphatic heterocycles. The van der Waals surface area contributed by atoms with Crippen LogP contribution in [0.3, 0.4) is 0 Å².